The van der Waals surface area contributed by atoms with Gasteiger partial charge in [0.1, 0.15) is 12.4 Å². The normalized spacial score (nSPS) is 11.1. The van der Waals surface area contributed by atoms with E-state index in [0.717, 1.165) is 11.6 Å². The van der Waals surface area contributed by atoms with E-state index in [9.17, 15) is 22.4 Å². The third-order valence-corrected chi connectivity index (χ3v) is 4.96. The number of aryl methyl sites for hydroxylation is 1. The Kier molecular flexibility index (Phi) is 6.89. The van der Waals surface area contributed by atoms with Gasteiger partial charge in [-0.1, -0.05) is 29.3 Å². The van der Waals surface area contributed by atoms with Crippen molar-refractivity contribution in [3.63, 3.8) is 0 Å². The number of hydrogen-bond acceptors (Lipinski definition) is 5. The van der Waals surface area contributed by atoms with Crippen LogP contribution in [0.1, 0.15) is 5.56 Å². The Morgan fingerprint density at radius 2 is 1.81 bits per heavy atom. The van der Waals surface area contributed by atoms with E-state index in [2.05, 4.69) is 14.8 Å². The van der Waals surface area contributed by atoms with Gasteiger partial charge in [-0.05, 0) is 37.3 Å². The Labute approximate surface area is 160 Å². The summed E-state index contributed by atoms with van der Waals surface area (Å²) >= 11 is 5.70. The fourth-order valence-corrected chi connectivity index (χ4v) is 3.07. The molecule has 0 heterocycles. The Morgan fingerprint density at radius 3 is 2.48 bits per heavy atom. The predicted molar refractivity (Wildman–Crippen MR) is 97.4 cm³/mol. The highest BCUT2D eigenvalue weighted by molar-refractivity contribution is 7.89. The van der Waals surface area contributed by atoms with Crippen molar-refractivity contribution in [2.75, 3.05) is 18.5 Å². The van der Waals surface area contributed by atoms with Gasteiger partial charge < -0.3 is 10.1 Å². The van der Waals surface area contributed by atoms with Crippen LogP contribution in [0, 0.1) is 12.7 Å². The number of benzene rings is 2. The molecule has 10 heteroatoms. The number of anilines is 1. The number of amides is 1. The molecule has 144 valence electrons. The lowest BCUT2D eigenvalue weighted by molar-refractivity contribution is -0.146. The topological polar surface area (TPSA) is 102 Å². The molecule has 1 amide bonds. The molecule has 0 atom stereocenters. The third-order valence-electron chi connectivity index (χ3n) is 3.30. The molecule has 2 aromatic rings. The van der Waals surface area contributed by atoms with Crippen LogP contribution in [0.5, 0.6) is 0 Å². The standard InChI is InChI=1S/C17H16ClFN2O5S/c1-11-2-5-13(6-3-11)27(24,25)20-9-17(23)26-10-16(22)21-15-8-12(18)4-7-14(15)19/h2-8,20H,9-10H2,1H3,(H,21,22). The highest BCUT2D eigenvalue weighted by Crippen LogP contribution is 2.19. The minimum atomic E-state index is -3.89. The molecule has 0 unspecified atom stereocenters. The van der Waals surface area contributed by atoms with Crippen LogP contribution in [0.4, 0.5) is 10.1 Å². The largest absolute Gasteiger partial charge is 0.455 e. The molecule has 27 heavy (non-hydrogen) atoms. The van der Waals surface area contributed by atoms with Crippen LogP contribution in [0.3, 0.4) is 0 Å². The monoisotopic (exact) mass is 414 g/mol. The first-order valence-corrected chi connectivity index (χ1v) is 9.50. The molecule has 0 aliphatic heterocycles. The number of halogens is 2. The van der Waals surface area contributed by atoms with E-state index < -0.39 is 40.9 Å². The van der Waals surface area contributed by atoms with Crippen molar-refractivity contribution in [3.8, 4) is 0 Å². The quantitative estimate of drug-likeness (QED) is 0.676. The number of sulfonamides is 1. The summed E-state index contributed by atoms with van der Waals surface area (Å²) in [5.74, 6) is -2.47. The SMILES string of the molecule is Cc1ccc(S(=O)(=O)NCC(=O)OCC(=O)Nc2cc(Cl)ccc2F)cc1. The van der Waals surface area contributed by atoms with Crippen molar-refractivity contribution < 1.29 is 27.1 Å². The highest BCUT2D eigenvalue weighted by Gasteiger charge is 2.17. The molecule has 2 aromatic carbocycles. The number of nitrogens with one attached hydrogen (secondary N) is 2. The van der Waals surface area contributed by atoms with Gasteiger partial charge in [0.15, 0.2) is 6.61 Å². The molecule has 2 rings (SSSR count). The molecule has 0 saturated heterocycles. The van der Waals surface area contributed by atoms with Crippen LogP contribution in [-0.4, -0.2) is 33.4 Å². The molecule has 0 saturated carbocycles. The Balaban J connectivity index is 1.82. The van der Waals surface area contributed by atoms with Gasteiger partial charge in [0, 0.05) is 5.02 Å². The maximum atomic E-state index is 13.5. The first-order chi connectivity index (χ1) is 12.7. The Hall–Kier alpha value is -2.49. The smallest absolute Gasteiger partial charge is 0.321 e. The lowest BCUT2D eigenvalue weighted by Crippen LogP contribution is -2.32. The van der Waals surface area contributed by atoms with E-state index in [1.165, 1.54) is 24.3 Å². The molecule has 0 bridgehead atoms. The number of carbonyl (C=O) groups excluding carboxylic acids is 2. The molecular weight excluding hydrogens is 399 g/mol. The van der Waals surface area contributed by atoms with Crippen molar-refractivity contribution in [2.24, 2.45) is 0 Å². The fraction of sp³-hybridized carbons (Fsp3) is 0.176. The Morgan fingerprint density at radius 1 is 1.15 bits per heavy atom. The molecule has 0 spiro atoms. The van der Waals surface area contributed by atoms with E-state index in [1.807, 2.05) is 6.92 Å². The highest BCUT2D eigenvalue weighted by atomic mass is 35.5. The lowest BCUT2D eigenvalue weighted by atomic mass is 10.2. The zero-order chi connectivity index (χ0) is 20.0. The minimum Gasteiger partial charge on any atom is -0.455 e. The first kappa shape index (κ1) is 20.8. The van der Waals surface area contributed by atoms with Crippen molar-refractivity contribution >= 4 is 39.2 Å². The van der Waals surface area contributed by atoms with Crippen LogP contribution >= 0.6 is 11.6 Å². The molecule has 0 aliphatic carbocycles. The second-order valence-electron chi connectivity index (χ2n) is 5.47. The molecule has 0 fully saturated rings. The van der Waals surface area contributed by atoms with E-state index in [4.69, 9.17) is 11.6 Å². The maximum Gasteiger partial charge on any atom is 0.321 e. The minimum absolute atomic E-state index is 0.00456. The van der Waals surface area contributed by atoms with Crippen molar-refractivity contribution in [2.45, 2.75) is 11.8 Å². The van der Waals surface area contributed by atoms with Gasteiger partial charge in [-0.2, -0.15) is 4.72 Å². The number of hydrogen-bond donors (Lipinski definition) is 2. The van der Waals surface area contributed by atoms with Crippen LogP contribution in [0.15, 0.2) is 47.4 Å². The summed E-state index contributed by atoms with van der Waals surface area (Å²) in [7, 11) is -3.89. The number of ether oxygens (including phenoxy) is 1. The van der Waals surface area contributed by atoms with Crippen LogP contribution in [0.2, 0.25) is 5.02 Å². The molecule has 0 radical (unpaired) electrons. The van der Waals surface area contributed by atoms with Gasteiger partial charge >= 0.3 is 5.97 Å². The predicted octanol–water partition coefficient (Wildman–Crippen LogP) is 2.25. The first-order valence-electron chi connectivity index (χ1n) is 7.64. The second kappa shape index (κ2) is 8.94. The zero-order valence-electron chi connectivity index (χ0n) is 14.2. The number of rotatable bonds is 7. The van der Waals surface area contributed by atoms with Gasteiger partial charge in [0.2, 0.25) is 10.0 Å². The number of esters is 1. The van der Waals surface area contributed by atoms with Gasteiger partial charge in [-0.15, -0.1) is 0 Å². The molecular formula is C17H16ClFN2O5S. The lowest BCUT2D eigenvalue weighted by Gasteiger charge is -2.09. The van der Waals surface area contributed by atoms with Gasteiger partial charge in [0.05, 0.1) is 10.6 Å². The number of carbonyl (C=O) groups is 2. The summed E-state index contributed by atoms with van der Waals surface area (Å²) < 4.78 is 44.3. The maximum absolute atomic E-state index is 13.5. The summed E-state index contributed by atoms with van der Waals surface area (Å²) in [6, 6.07) is 9.62. The molecule has 7 nitrogen and oxygen atoms in total. The van der Waals surface area contributed by atoms with Gasteiger partial charge in [0.25, 0.3) is 5.91 Å². The second-order valence-corrected chi connectivity index (χ2v) is 7.67. The summed E-state index contributed by atoms with van der Waals surface area (Å²) in [5, 5.41) is 2.41. The van der Waals surface area contributed by atoms with Crippen LogP contribution in [0.25, 0.3) is 0 Å². The average molecular weight is 415 g/mol. The van der Waals surface area contributed by atoms with E-state index >= 15 is 0 Å². The van der Waals surface area contributed by atoms with Crippen molar-refractivity contribution in [3.05, 3.63) is 58.9 Å². The van der Waals surface area contributed by atoms with Gasteiger partial charge in [-0.25, -0.2) is 12.8 Å². The van der Waals surface area contributed by atoms with Crippen molar-refractivity contribution in [1.82, 2.24) is 4.72 Å². The van der Waals surface area contributed by atoms with Crippen LogP contribution < -0.4 is 10.0 Å². The average Bonchev–Trinajstić information content (AvgIpc) is 2.62. The van der Waals surface area contributed by atoms with Crippen molar-refractivity contribution in [1.29, 1.82) is 0 Å². The van der Waals surface area contributed by atoms with E-state index in [0.29, 0.717) is 0 Å². The fourth-order valence-electron chi connectivity index (χ4n) is 1.93. The van der Waals surface area contributed by atoms with E-state index in [1.54, 1.807) is 12.1 Å². The molecule has 2 N–H and O–H groups in total. The summed E-state index contributed by atoms with van der Waals surface area (Å²) in [6.07, 6.45) is 0. The third kappa shape index (κ3) is 6.31. The summed E-state index contributed by atoms with van der Waals surface area (Å²) in [6.45, 7) is 0.438. The Bertz CT molecular complexity index is 948. The van der Waals surface area contributed by atoms with Crippen LogP contribution in [-0.2, 0) is 24.3 Å². The van der Waals surface area contributed by atoms with Gasteiger partial charge in [-0.3, -0.25) is 9.59 Å². The van der Waals surface area contributed by atoms with E-state index in [-0.39, 0.29) is 15.6 Å². The molecule has 0 aliphatic rings. The summed E-state index contributed by atoms with van der Waals surface area (Å²) in [5.41, 5.74) is 0.721. The zero-order valence-corrected chi connectivity index (χ0v) is 15.7. The summed E-state index contributed by atoms with van der Waals surface area (Å²) in [4.78, 5) is 23.3. The molecule has 0 aromatic heterocycles.